The number of hydrogen-bond donors (Lipinski definition) is 3. The minimum atomic E-state index is -4.64. The summed E-state index contributed by atoms with van der Waals surface area (Å²) in [7, 11) is 0. The van der Waals surface area contributed by atoms with Crippen LogP contribution < -0.4 is 10.6 Å². The van der Waals surface area contributed by atoms with Crippen LogP contribution in [0.3, 0.4) is 0 Å². The van der Waals surface area contributed by atoms with E-state index < -0.39 is 11.9 Å². The monoisotopic (exact) mass is 587 g/mol. The molecule has 2 amide bonds. The molecule has 41 heavy (non-hydrogen) atoms. The molecule has 1 atom stereocenters. The summed E-state index contributed by atoms with van der Waals surface area (Å²) in [6.07, 6.45) is 1.61. The third kappa shape index (κ3) is 5.20. The van der Waals surface area contributed by atoms with E-state index in [2.05, 4.69) is 30.8 Å². The van der Waals surface area contributed by atoms with Gasteiger partial charge in [-0.05, 0) is 31.2 Å². The van der Waals surface area contributed by atoms with E-state index in [0.717, 1.165) is 13.0 Å². The molecule has 2 saturated heterocycles. The lowest BCUT2D eigenvalue weighted by Crippen LogP contribution is -2.52. The van der Waals surface area contributed by atoms with Gasteiger partial charge in [-0.3, -0.25) is 19.1 Å². The first kappa shape index (κ1) is 27.0. The Kier molecular flexibility index (Phi) is 7.03. The maximum atomic E-state index is 13.4. The van der Waals surface area contributed by atoms with E-state index >= 15 is 0 Å². The standard InChI is InChI=1S/C26H25ClF3N9O2/c27-19-11-16(1-2-17(19)25(41)38-9-7-37(8-10-38)24(40)15-3-4-31-12-15)35-22-23-33-14-20(39(23)6-5-32-22)18-13-34-36-21(18)26(28,29)30/h1-2,5-6,11,13-15,31H,3-4,7-10,12H2,(H,32,35)(H,34,36)/t15-/m1/s1. The molecular weight excluding hydrogens is 563 g/mol. The molecule has 5 heterocycles. The molecule has 2 aliphatic rings. The number of aromatic nitrogens is 5. The molecule has 0 bridgehead atoms. The third-order valence-corrected chi connectivity index (χ3v) is 7.68. The van der Waals surface area contributed by atoms with Crippen molar-refractivity contribution < 1.29 is 22.8 Å². The number of benzene rings is 1. The van der Waals surface area contributed by atoms with Crippen molar-refractivity contribution in [1.82, 2.24) is 39.7 Å². The van der Waals surface area contributed by atoms with Gasteiger partial charge < -0.3 is 20.4 Å². The summed E-state index contributed by atoms with van der Waals surface area (Å²) in [4.78, 5) is 37.9. The molecule has 0 radical (unpaired) electrons. The molecule has 0 saturated carbocycles. The van der Waals surface area contributed by atoms with Gasteiger partial charge in [0.25, 0.3) is 5.91 Å². The molecule has 0 unspecified atom stereocenters. The number of alkyl halides is 3. The Morgan fingerprint density at radius 1 is 1.10 bits per heavy atom. The first-order chi connectivity index (χ1) is 19.7. The van der Waals surface area contributed by atoms with Gasteiger partial charge >= 0.3 is 6.18 Å². The van der Waals surface area contributed by atoms with Gasteiger partial charge in [0.1, 0.15) is 0 Å². The molecule has 0 aliphatic carbocycles. The summed E-state index contributed by atoms with van der Waals surface area (Å²) in [5, 5.41) is 12.1. The Morgan fingerprint density at radius 3 is 2.59 bits per heavy atom. The molecule has 4 aromatic rings. The SMILES string of the molecule is O=C(c1ccc(Nc2nccn3c(-c4c[nH]nc4C(F)(F)F)cnc23)cc1Cl)N1CCN(C(=O)[C@@H]2CCNC2)CC1. The number of anilines is 2. The Labute approximate surface area is 236 Å². The average Bonchev–Trinajstić information content (AvgIpc) is 3.73. The summed E-state index contributed by atoms with van der Waals surface area (Å²) in [6.45, 7) is 3.33. The van der Waals surface area contributed by atoms with E-state index in [9.17, 15) is 22.8 Å². The molecule has 3 N–H and O–H groups in total. The Morgan fingerprint density at radius 2 is 1.88 bits per heavy atom. The maximum Gasteiger partial charge on any atom is 0.435 e. The van der Waals surface area contributed by atoms with Crippen molar-refractivity contribution in [2.24, 2.45) is 5.92 Å². The van der Waals surface area contributed by atoms with Crippen LogP contribution in [0.15, 0.2) is 43.0 Å². The van der Waals surface area contributed by atoms with Gasteiger partial charge in [0.15, 0.2) is 17.2 Å². The number of imidazole rings is 1. The van der Waals surface area contributed by atoms with Gasteiger partial charge in [-0.2, -0.15) is 18.3 Å². The van der Waals surface area contributed by atoms with Crippen molar-refractivity contribution in [3.05, 3.63) is 59.3 Å². The van der Waals surface area contributed by atoms with Gasteiger partial charge in [-0.1, -0.05) is 11.6 Å². The summed E-state index contributed by atoms with van der Waals surface area (Å²) in [5.74, 6) is 0.192. The van der Waals surface area contributed by atoms with Gasteiger partial charge in [-0.15, -0.1) is 0 Å². The number of aromatic amines is 1. The zero-order chi connectivity index (χ0) is 28.7. The molecule has 6 rings (SSSR count). The number of rotatable bonds is 5. The minimum Gasteiger partial charge on any atom is -0.339 e. The normalized spacial score (nSPS) is 17.8. The van der Waals surface area contributed by atoms with E-state index in [1.54, 1.807) is 23.1 Å². The molecule has 2 fully saturated rings. The highest BCUT2D eigenvalue weighted by atomic mass is 35.5. The zero-order valence-electron chi connectivity index (χ0n) is 21.6. The van der Waals surface area contributed by atoms with Crippen molar-refractivity contribution in [2.75, 3.05) is 44.6 Å². The maximum absolute atomic E-state index is 13.4. The number of nitrogens with one attached hydrogen (secondary N) is 3. The summed E-state index contributed by atoms with van der Waals surface area (Å²) < 4.78 is 41.7. The van der Waals surface area contributed by atoms with Crippen LogP contribution in [-0.4, -0.2) is 85.4 Å². The van der Waals surface area contributed by atoms with Crippen LogP contribution in [0, 0.1) is 5.92 Å². The van der Waals surface area contributed by atoms with Crippen molar-refractivity contribution in [2.45, 2.75) is 12.6 Å². The molecule has 3 aromatic heterocycles. The van der Waals surface area contributed by atoms with Gasteiger partial charge in [0.05, 0.1) is 34.0 Å². The number of H-pyrrole nitrogens is 1. The number of amides is 2. The number of carbonyl (C=O) groups is 2. The molecule has 214 valence electrons. The van der Waals surface area contributed by atoms with Crippen LogP contribution in [0.1, 0.15) is 22.5 Å². The lowest BCUT2D eigenvalue weighted by atomic mass is 10.1. The quantitative estimate of drug-likeness (QED) is 0.327. The predicted octanol–water partition coefficient (Wildman–Crippen LogP) is 3.43. The molecule has 15 heteroatoms. The molecule has 2 aliphatic heterocycles. The number of hydrogen-bond acceptors (Lipinski definition) is 7. The smallest absolute Gasteiger partial charge is 0.339 e. The van der Waals surface area contributed by atoms with Crippen LogP contribution in [0.2, 0.25) is 5.02 Å². The summed E-state index contributed by atoms with van der Waals surface area (Å²) in [6, 6.07) is 4.85. The van der Waals surface area contributed by atoms with E-state index in [0.29, 0.717) is 44.0 Å². The van der Waals surface area contributed by atoms with Crippen LogP contribution >= 0.6 is 11.6 Å². The second-order valence-electron chi connectivity index (χ2n) is 9.89. The van der Waals surface area contributed by atoms with Crippen LogP contribution in [-0.2, 0) is 11.0 Å². The predicted molar refractivity (Wildman–Crippen MR) is 144 cm³/mol. The fourth-order valence-corrected chi connectivity index (χ4v) is 5.50. The van der Waals surface area contributed by atoms with Gasteiger partial charge in [0, 0.05) is 57.0 Å². The highest BCUT2D eigenvalue weighted by Gasteiger charge is 2.37. The Bertz CT molecular complexity index is 1610. The third-order valence-electron chi connectivity index (χ3n) is 7.36. The number of fused-ring (bicyclic) bond motifs is 1. The second-order valence-corrected chi connectivity index (χ2v) is 10.3. The first-order valence-electron chi connectivity index (χ1n) is 13.0. The van der Waals surface area contributed by atoms with E-state index in [1.165, 1.54) is 29.2 Å². The van der Waals surface area contributed by atoms with Crippen molar-refractivity contribution >= 4 is 40.6 Å². The summed E-state index contributed by atoms with van der Waals surface area (Å²) in [5.41, 5.74) is 0.120. The van der Waals surface area contributed by atoms with Crippen LogP contribution in [0.25, 0.3) is 16.9 Å². The fourth-order valence-electron chi connectivity index (χ4n) is 5.23. The van der Waals surface area contributed by atoms with E-state index in [-0.39, 0.29) is 45.5 Å². The molecule has 1 aromatic carbocycles. The van der Waals surface area contributed by atoms with Gasteiger partial charge in [-0.25, -0.2) is 9.97 Å². The zero-order valence-corrected chi connectivity index (χ0v) is 22.3. The number of piperazine rings is 1. The van der Waals surface area contributed by atoms with Crippen LogP contribution in [0.4, 0.5) is 24.7 Å². The van der Waals surface area contributed by atoms with Crippen molar-refractivity contribution in [3.63, 3.8) is 0 Å². The highest BCUT2D eigenvalue weighted by molar-refractivity contribution is 6.34. The number of halogens is 4. The Balaban J connectivity index is 1.16. The second kappa shape index (κ2) is 10.7. The van der Waals surface area contributed by atoms with Crippen molar-refractivity contribution in [3.8, 4) is 11.3 Å². The number of nitrogens with zero attached hydrogens (tertiary/aromatic N) is 6. The molecule has 0 spiro atoms. The lowest BCUT2D eigenvalue weighted by molar-refractivity contribution is -0.140. The first-order valence-corrected chi connectivity index (χ1v) is 13.4. The topological polar surface area (TPSA) is 124 Å². The lowest BCUT2D eigenvalue weighted by Gasteiger charge is -2.36. The largest absolute Gasteiger partial charge is 0.435 e. The Hall–Kier alpha value is -4.17. The van der Waals surface area contributed by atoms with E-state index in [1.807, 2.05) is 4.90 Å². The highest BCUT2D eigenvalue weighted by Crippen LogP contribution is 2.36. The minimum absolute atomic E-state index is 0.00339. The van der Waals surface area contributed by atoms with Crippen LogP contribution in [0.5, 0.6) is 0 Å². The van der Waals surface area contributed by atoms with Crippen molar-refractivity contribution in [1.29, 1.82) is 0 Å². The number of carbonyl (C=O) groups excluding carboxylic acids is 2. The molecule has 11 nitrogen and oxygen atoms in total. The molecular formula is C26H25ClF3N9O2. The summed E-state index contributed by atoms with van der Waals surface area (Å²) >= 11 is 6.51. The van der Waals surface area contributed by atoms with E-state index in [4.69, 9.17) is 11.6 Å². The average molecular weight is 588 g/mol. The fraction of sp³-hybridized carbons (Fsp3) is 0.346. The van der Waals surface area contributed by atoms with Gasteiger partial charge in [0.2, 0.25) is 5.91 Å².